The number of fused-ring (bicyclic) bond motifs is 1. The molecule has 146 valence electrons. The molecule has 0 fully saturated rings. The molecule has 1 aliphatic rings. The summed E-state index contributed by atoms with van der Waals surface area (Å²) in [6.07, 6.45) is 0.785. The zero-order valence-electron chi connectivity index (χ0n) is 16.8. The fourth-order valence-corrected chi connectivity index (χ4v) is 3.68. The smallest absolute Gasteiger partial charge is 0.258 e. The standard InChI is InChI=1S/C20H27N3O4/c1-12(2)19-21-14-11-23(10-9-15(14)22(19)3)20(24)13-7-8-16(25-4)18(27-6)17(13)26-5/h7-8,12H,9-11H2,1-6H3. The average Bonchev–Trinajstić information content (AvgIpc) is 3.02. The number of nitrogens with zero attached hydrogens (tertiary/aromatic N) is 3. The summed E-state index contributed by atoms with van der Waals surface area (Å²) in [5.74, 6) is 2.63. The van der Waals surface area contributed by atoms with Crippen LogP contribution in [0.1, 0.15) is 47.3 Å². The molecule has 0 atom stereocenters. The molecule has 0 spiro atoms. The molecule has 0 aliphatic carbocycles. The summed E-state index contributed by atoms with van der Waals surface area (Å²) in [6, 6.07) is 3.44. The molecule has 0 radical (unpaired) electrons. The predicted octanol–water partition coefficient (Wildman–Crippen LogP) is 2.77. The normalized spacial score (nSPS) is 13.5. The monoisotopic (exact) mass is 373 g/mol. The number of benzene rings is 1. The van der Waals surface area contributed by atoms with Gasteiger partial charge in [0.1, 0.15) is 5.82 Å². The second kappa shape index (κ2) is 7.50. The van der Waals surface area contributed by atoms with E-state index in [1.165, 1.54) is 19.9 Å². The van der Waals surface area contributed by atoms with Gasteiger partial charge in [-0.3, -0.25) is 4.79 Å². The minimum atomic E-state index is -0.102. The number of carbonyl (C=O) groups excluding carboxylic acids is 1. The van der Waals surface area contributed by atoms with E-state index >= 15 is 0 Å². The van der Waals surface area contributed by atoms with Crippen LogP contribution in [-0.4, -0.2) is 48.2 Å². The Morgan fingerprint density at radius 1 is 1.11 bits per heavy atom. The van der Waals surface area contributed by atoms with Crippen molar-refractivity contribution in [3.05, 3.63) is 34.9 Å². The van der Waals surface area contributed by atoms with Crippen LogP contribution < -0.4 is 14.2 Å². The molecule has 1 amide bonds. The number of aromatic nitrogens is 2. The van der Waals surface area contributed by atoms with Gasteiger partial charge >= 0.3 is 0 Å². The van der Waals surface area contributed by atoms with Gasteiger partial charge in [-0.1, -0.05) is 13.8 Å². The Bertz CT molecular complexity index is 857. The number of carbonyl (C=O) groups is 1. The minimum absolute atomic E-state index is 0.102. The quantitative estimate of drug-likeness (QED) is 0.806. The fraction of sp³-hybridized carbons (Fsp3) is 0.500. The Hall–Kier alpha value is -2.70. The van der Waals surface area contributed by atoms with E-state index in [4.69, 9.17) is 19.2 Å². The molecule has 2 heterocycles. The van der Waals surface area contributed by atoms with Crippen molar-refractivity contribution < 1.29 is 19.0 Å². The molecule has 7 nitrogen and oxygen atoms in total. The molecule has 0 N–H and O–H groups in total. The van der Waals surface area contributed by atoms with E-state index < -0.39 is 0 Å². The highest BCUT2D eigenvalue weighted by Gasteiger charge is 2.29. The largest absolute Gasteiger partial charge is 0.493 e. The van der Waals surface area contributed by atoms with Gasteiger partial charge < -0.3 is 23.7 Å². The first-order valence-electron chi connectivity index (χ1n) is 9.05. The van der Waals surface area contributed by atoms with Gasteiger partial charge in [-0.15, -0.1) is 0 Å². The lowest BCUT2D eigenvalue weighted by atomic mass is 10.1. The van der Waals surface area contributed by atoms with Gasteiger partial charge in [0.2, 0.25) is 5.75 Å². The van der Waals surface area contributed by atoms with Gasteiger partial charge in [-0.05, 0) is 12.1 Å². The van der Waals surface area contributed by atoms with Crippen molar-refractivity contribution >= 4 is 5.91 Å². The molecule has 1 aromatic heterocycles. The lowest BCUT2D eigenvalue weighted by molar-refractivity contribution is 0.0727. The number of amides is 1. The third-order valence-electron chi connectivity index (χ3n) is 5.03. The molecular formula is C20H27N3O4. The van der Waals surface area contributed by atoms with Crippen LogP contribution in [0.4, 0.5) is 0 Å². The van der Waals surface area contributed by atoms with E-state index in [1.54, 1.807) is 19.2 Å². The Balaban J connectivity index is 1.93. The molecule has 1 aliphatic heterocycles. The number of hydrogen-bond acceptors (Lipinski definition) is 5. The maximum Gasteiger partial charge on any atom is 0.258 e. The second-order valence-electron chi connectivity index (χ2n) is 6.94. The van der Waals surface area contributed by atoms with Crippen molar-refractivity contribution in [3.63, 3.8) is 0 Å². The van der Waals surface area contributed by atoms with E-state index in [9.17, 15) is 4.79 Å². The molecule has 2 aromatic rings. The number of hydrogen-bond donors (Lipinski definition) is 0. The highest BCUT2D eigenvalue weighted by atomic mass is 16.5. The van der Waals surface area contributed by atoms with Gasteiger partial charge in [0.15, 0.2) is 11.5 Å². The van der Waals surface area contributed by atoms with Gasteiger partial charge in [0.25, 0.3) is 5.91 Å². The third kappa shape index (κ3) is 3.22. The second-order valence-corrected chi connectivity index (χ2v) is 6.94. The van der Waals surface area contributed by atoms with Crippen molar-refractivity contribution in [2.75, 3.05) is 27.9 Å². The van der Waals surface area contributed by atoms with E-state index in [2.05, 4.69) is 25.5 Å². The lowest BCUT2D eigenvalue weighted by Gasteiger charge is -2.28. The first-order chi connectivity index (χ1) is 12.9. The predicted molar refractivity (Wildman–Crippen MR) is 102 cm³/mol. The van der Waals surface area contributed by atoms with Crippen LogP contribution in [0.5, 0.6) is 17.2 Å². The van der Waals surface area contributed by atoms with Crippen LogP contribution in [0.15, 0.2) is 12.1 Å². The Morgan fingerprint density at radius 2 is 1.81 bits per heavy atom. The van der Waals surface area contributed by atoms with E-state index in [0.29, 0.717) is 41.8 Å². The molecule has 7 heteroatoms. The maximum absolute atomic E-state index is 13.2. The number of ether oxygens (including phenoxy) is 3. The van der Waals surface area contributed by atoms with E-state index in [0.717, 1.165) is 17.9 Å². The van der Waals surface area contributed by atoms with Crippen molar-refractivity contribution in [1.82, 2.24) is 14.5 Å². The highest BCUT2D eigenvalue weighted by molar-refractivity contribution is 5.98. The average molecular weight is 373 g/mol. The summed E-state index contributed by atoms with van der Waals surface area (Å²) < 4.78 is 18.3. The zero-order valence-corrected chi connectivity index (χ0v) is 16.8. The van der Waals surface area contributed by atoms with Crippen LogP contribution in [0.25, 0.3) is 0 Å². The Kier molecular flexibility index (Phi) is 5.30. The van der Waals surface area contributed by atoms with Crippen LogP contribution in [0, 0.1) is 0 Å². The van der Waals surface area contributed by atoms with Crippen molar-refractivity contribution in [2.24, 2.45) is 7.05 Å². The van der Waals surface area contributed by atoms with Crippen molar-refractivity contribution in [2.45, 2.75) is 32.7 Å². The Morgan fingerprint density at radius 3 is 2.41 bits per heavy atom. The summed E-state index contributed by atoms with van der Waals surface area (Å²) in [5.41, 5.74) is 2.64. The summed E-state index contributed by atoms with van der Waals surface area (Å²) in [4.78, 5) is 19.8. The molecule has 0 saturated carbocycles. The van der Waals surface area contributed by atoms with E-state index in [1.807, 2.05) is 4.90 Å². The molecule has 0 saturated heterocycles. The van der Waals surface area contributed by atoms with Gasteiger partial charge in [0.05, 0.1) is 39.1 Å². The minimum Gasteiger partial charge on any atom is -0.493 e. The van der Waals surface area contributed by atoms with Crippen molar-refractivity contribution in [3.8, 4) is 17.2 Å². The van der Waals surface area contributed by atoms with Gasteiger partial charge in [0, 0.05) is 31.6 Å². The van der Waals surface area contributed by atoms with Crippen molar-refractivity contribution in [1.29, 1.82) is 0 Å². The van der Waals surface area contributed by atoms with E-state index in [-0.39, 0.29) is 5.91 Å². The summed E-state index contributed by atoms with van der Waals surface area (Å²) in [7, 11) is 6.66. The van der Waals surface area contributed by atoms with Crippen LogP contribution in [-0.2, 0) is 20.0 Å². The van der Waals surface area contributed by atoms with Crippen LogP contribution in [0.2, 0.25) is 0 Å². The molecule has 0 bridgehead atoms. The summed E-state index contributed by atoms with van der Waals surface area (Å²) in [5, 5.41) is 0. The highest BCUT2D eigenvalue weighted by Crippen LogP contribution is 2.40. The third-order valence-corrected chi connectivity index (χ3v) is 5.03. The molecule has 1 aromatic carbocycles. The number of imidazole rings is 1. The first kappa shape index (κ1) is 19.1. The molecular weight excluding hydrogens is 346 g/mol. The lowest BCUT2D eigenvalue weighted by Crippen LogP contribution is -2.36. The first-order valence-corrected chi connectivity index (χ1v) is 9.05. The Labute approximate surface area is 159 Å². The zero-order chi connectivity index (χ0) is 19.7. The molecule has 27 heavy (non-hydrogen) atoms. The SMILES string of the molecule is COc1ccc(C(=O)N2CCc3c(nc(C(C)C)n3C)C2)c(OC)c1OC. The maximum atomic E-state index is 13.2. The fourth-order valence-electron chi connectivity index (χ4n) is 3.68. The number of rotatable bonds is 5. The molecule has 3 rings (SSSR count). The summed E-state index contributed by atoms with van der Waals surface area (Å²) >= 11 is 0. The van der Waals surface area contributed by atoms with Gasteiger partial charge in [-0.2, -0.15) is 0 Å². The topological polar surface area (TPSA) is 65.8 Å². The summed E-state index contributed by atoms with van der Waals surface area (Å²) in [6.45, 7) is 5.39. The van der Waals surface area contributed by atoms with Crippen LogP contribution >= 0.6 is 0 Å². The van der Waals surface area contributed by atoms with Gasteiger partial charge in [-0.25, -0.2) is 4.98 Å². The van der Waals surface area contributed by atoms with Crippen LogP contribution in [0.3, 0.4) is 0 Å². The number of methoxy groups -OCH3 is 3. The molecule has 0 unspecified atom stereocenters.